The molecule has 158 valence electrons. The van der Waals surface area contributed by atoms with Crippen molar-refractivity contribution in [1.29, 1.82) is 0 Å². The molecule has 10 heteroatoms. The Bertz CT molecular complexity index is 1190. The van der Waals surface area contributed by atoms with Crippen molar-refractivity contribution in [1.82, 2.24) is 30.2 Å². The highest BCUT2D eigenvalue weighted by atomic mass is 35.5. The fourth-order valence-electron chi connectivity index (χ4n) is 2.75. The Morgan fingerprint density at radius 1 is 1.13 bits per heavy atom. The van der Waals surface area contributed by atoms with E-state index in [2.05, 4.69) is 25.7 Å². The molecular formula is C21H19ClN6O2S. The van der Waals surface area contributed by atoms with Crippen LogP contribution in [0.4, 0.5) is 0 Å². The highest BCUT2D eigenvalue weighted by Gasteiger charge is 2.19. The number of nitrogens with zero attached hydrogens (tertiary/aromatic N) is 5. The average molecular weight is 455 g/mol. The summed E-state index contributed by atoms with van der Waals surface area (Å²) in [6.45, 7) is 2.45. The quantitative estimate of drug-likeness (QED) is 0.423. The van der Waals surface area contributed by atoms with Gasteiger partial charge < -0.3 is 14.4 Å². The molecule has 0 bridgehead atoms. The molecule has 2 aromatic carbocycles. The van der Waals surface area contributed by atoms with Crippen LogP contribution in [-0.2, 0) is 18.4 Å². The van der Waals surface area contributed by atoms with Crippen molar-refractivity contribution < 1.29 is 9.32 Å². The number of carbonyl (C=O) groups excluding carboxylic acids is 1. The van der Waals surface area contributed by atoms with E-state index in [-0.39, 0.29) is 17.6 Å². The second-order valence-electron chi connectivity index (χ2n) is 6.85. The highest BCUT2D eigenvalue weighted by Crippen LogP contribution is 2.24. The van der Waals surface area contributed by atoms with E-state index < -0.39 is 0 Å². The van der Waals surface area contributed by atoms with Crippen LogP contribution in [0.1, 0.15) is 11.1 Å². The van der Waals surface area contributed by atoms with Gasteiger partial charge in [-0.15, -0.1) is 10.2 Å². The Labute approximate surface area is 188 Å². The summed E-state index contributed by atoms with van der Waals surface area (Å²) in [7, 11) is 1.79. The molecule has 0 radical (unpaired) electrons. The summed E-state index contributed by atoms with van der Waals surface area (Å²) in [6, 6.07) is 15.2. The van der Waals surface area contributed by atoms with Crippen LogP contribution in [0.3, 0.4) is 0 Å². The molecule has 4 rings (SSSR count). The largest absolute Gasteiger partial charge is 0.351 e. The van der Waals surface area contributed by atoms with Gasteiger partial charge in [0.25, 0.3) is 5.89 Å². The highest BCUT2D eigenvalue weighted by molar-refractivity contribution is 7.99. The molecule has 0 atom stereocenters. The molecule has 1 amide bonds. The van der Waals surface area contributed by atoms with Gasteiger partial charge in [0.2, 0.25) is 17.6 Å². The molecule has 2 heterocycles. The molecule has 0 aliphatic rings. The molecule has 4 aromatic rings. The minimum absolute atomic E-state index is 0.107. The van der Waals surface area contributed by atoms with E-state index in [1.54, 1.807) is 23.7 Å². The van der Waals surface area contributed by atoms with Crippen molar-refractivity contribution in [2.24, 2.45) is 7.05 Å². The molecule has 0 fully saturated rings. The lowest BCUT2D eigenvalue weighted by Crippen LogP contribution is -2.24. The fourth-order valence-corrected chi connectivity index (χ4v) is 3.61. The molecule has 31 heavy (non-hydrogen) atoms. The van der Waals surface area contributed by atoms with Crippen molar-refractivity contribution in [3.05, 3.63) is 64.7 Å². The number of carbonyl (C=O) groups is 1. The first-order chi connectivity index (χ1) is 15.0. The maximum absolute atomic E-state index is 12.2. The van der Waals surface area contributed by atoms with Gasteiger partial charge in [-0.3, -0.25) is 4.79 Å². The van der Waals surface area contributed by atoms with Crippen LogP contribution < -0.4 is 5.32 Å². The molecule has 0 aliphatic heterocycles. The molecule has 0 spiro atoms. The van der Waals surface area contributed by atoms with Crippen LogP contribution in [0.5, 0.6) is 0 Å². The van der Waals surface area contributed by atoms with E-state index in [4.69, 9.17) is 16.1 Å². The molecule has 8 nitrogen and oxygen atoms in total. The number of benzene rings is 2. The second kappa shape index (κ2) is 9.32. The molecule has 2 aromatic heterocycles. The first-order valence-electron chi connectivity index (χ1n) is 9.44. The number of aryl methyl sites for hydroxylation is 1. The van der Waals surface area contributed by atoms with Gasteiger partial charge in [0.1, 0.15) is 0 Å². The van der Waals surface area contributed by atoms with Crippen molar-refractivity contribution in [3.8, 4) is 23.1 Å². The third kappa shape index (κ3) is 5.12. The van der Waals surface area contributed by atoms with Crippen LogP contribution in [-0.4, -0.2) is 36.6 Å². The Morgan fingerprint density at radius 2 is 1.87 bits per heavy atom. The number of nitrogens with one attached hydrogen (secondary N) is 1. The lowest BCUT2D eigenvalue weighted by atomic mass is 10.1. The first-order valence-corrected chi connectivity index (χ1v) is 10.8. The minimum Gasteiger partial charge on any atom is -0.351 e. The van der Waals surface area contributed by atoms with E-state index in [0.717, 1.165) is 16.7 Å². The van der Waals surface area contributed by atoms with Gasteiger partial charge >= 0.3 is 0 Å². The summed E-state index contributed by atoms with van der Waals surface area (Å²) in [5.74, 6) is 1.29. The lowest BCUT2D eigenvalue weighted by Gasteiger charge is -2.05. The van der Waals surface area contributed by atoms with Crippen LogP contribution >= 0.6 is 23.4 Å². The van der Waals surface area contributed by atoms with E-state index in [1.165, 1.54) is 11.8 Å². The van der Waals surface area contributed by atoms with Crippen molar-refractivity contribution >= 4 is 29.3 Å². The predicted molar refractivity (Wildman–Crippen MR) is 118 cm³/mol. The maximum Gasteiger partial charge on any atom is 0.296 e. The van der Waals surface area contributed by atoms with Crippen LogP contribution in [0.25, 0.3) is 23.1 Å². The van der Waals surface area contributed by atoms with Gasteiger partial charge in [0, 0.05) is 24.2 Å². The third-order valence-electron chi connectivity index (χ3n) is 4.50. The SMILES string of the molecule is Cc1ccc(-c2noc(-c3nnc(SCC(=O)NCc4ccc(Cl)cc4)n3C)n2)cc1. The Morgan fingerprint density at radius 3 is 2.61 bits per heavy atom. The van der Waals surface area contributed by atoms with Gasteiger partial charge in [-0.2, -0.15) is 4.98 Å². The van der Waals surface area contributed by atoms with Crippen LogP contribution in [0.15, 0.2) is 58.2 Å². The predicted octanol–water partition coefficient (Wildman–Crippen LogP) is 3.90. The normalized spacial score (nSPS) is 10.9. The number of rotatable bonds is 7. The topological polar surface area (TPSA) is 98.7 Å². The van der Waals surface area contributed by atoms with Gasteiger partial charge in [0.15, 0.2) is 5.16 Å². The summed E-state index contributed by atoms with van der Waals surface area (Å²) in [5, 5.41) is 16.4. The van der Waals surface area contributed by atoms with E-state index >= 15 is 0 Å². The van der Waals surface area contributed by atoms with Gasteiger partial charge in [-0.05, 0) is 24.6 Å². The summed E-state index contributed by atoms with van der Waals surface area (Å²) >= 11 is 7.15. The number of thioether (sulfide) groups is 1. The number of amides is 1. The minimum atomic E-state index is -0.107. The number of hydrogen-bond donors (Lipinski definition) is 1. The lowest BCUT2D eigenvalue weighted by molar-refractivity contribution is -0.118. The van der Waals surface area contributed by atoms with Crippen LogP contribution in [0.2, 0.25) is 5.02 Å². The first kappa shape index (κ1) is 21.1. The zero-order chi connectivity index (χ0) is 21.8. The van der Waals surface area contributed by atoms with Crippen molar-refractivity contribution in [2.75, 3.05) is 5.75 Å². The Hall–Kier alpha value is -3.17. The number of aromatic nitrogens is 5. The smallest absolute Gasteiger partial charge is 0.296 e. The van der Waals surface area contributed by atoms with Gasteiger partial charge in [0.05, 0.1) is 5.75 Å². The van der Waals surface area contributed by atoms with E-state index in [9.17, 15) is 4.79 Å². The van der Waals surface area contributed by atoms with Gasteiger partial charge in [-0.1, -0.05) is 70.5 Å². The Kier molecular flexibility index (Phi) is 6.34. The number of halogens is 1. The number of hydrogen-bond acceptors (Lipinski definition) is 7. The molecule has 0 unspecified atom stereocenters. The second-order valence-corrected chi connectivity index (χ2v) is 8.23. The van der Waals surface area contributed by atoms with Crippen molar-refractivity contribution in [2.45, 2.75) is 18.6 Å². The van der Waals surface area contributed by atoms with Crippen molar-refractivity contribution in [3.63, 3.8) is 0 Å². The third-order valence-corrected chi connectivity index (χ3v) is 5.77. The Balaban J connectivity index is 1.36. The zero-order valence-electron chi connectivity index (χ0n) is 16.9. The molecule has 1 N–H and O–H groups in total. The fraction of sp³-hybridized carbons (Fsp3) is 0.190. The zero-order valence-corrected chi connectivity index (χ0v) is 18.4. The van der Waals surface area contributed by atoms with E-state index in [1.807, 2.05) is 43.3 Å². The molecule has 0 saturated heterocycles. The van der Waals surface area contributed by atoms with E-state index in [0.29, 0.717) is 28.4 Å². The summed E-state index contributed by atoms with van der Waals surface area (Å²) < 4.78 is 7.09. The monoisotopic (exact) mass is 454 g/mol. The molecular weight excluding hydrogens is 436 g/mol. The summed E-state index contributed by atoms with van der Waals surface area (Å²) in [6.07, 6.45) is 0. The average Bonchev–Trinajstić information content (AvgIpc) is 3.39. The standard InChI is InChI=1S/C21H19ClN6O2S/c1-13-3-7-15(8-4-13)18-24-20(30-27-18)19-25-26-21(28(19)2)31-12-17(29)23-11-14-5-9-16(22)10-6-14/h3-10H,11-12H2,1-2H3,(H,23,29). The summed E-state index contributed by atoms with van der Waals surface area (Å²) in [5.41, 5.74) is 2.99. The summed E-state index contributed by atoms with van der Waals surface area (Å²) in [4.78, 5) is 16.6. The van der Waals surface area contributed by atoms with Crippen LogP contribution in [0, 0.1) is 6.92 Å². The van der Waals surface area contributed by atoms with Gasteiger partial charge in [-0.25, -0.2) is 0 Å². The molecule has 0 saturated carbocycles. The maximum atomic E-state index is 12.2. The molecule has 0 aliphatic carbocycles.